The average Bonchev–Trinajstić information content (AvgIpc) is 2.52. The molecule has 7 nitrogen and oxygen atoms in total. The molecule has 2 N–H and O–H groups in total. The molecule has 0 aromatic heterocycles. The summed E-state index contributed by atoms with van der Waals surface area (Å²) in [5.74, 6) is -0.865. The minimum Gasteiger partial charge on any atom is -0.463 e. The standard InChI is InChI=1S/C18H26N2O5/c1-18(2,3)17(23)20-14-7-5-6-13(12-14)19-15(21)8-9-16(22)25-11-10-24-4/h5-7,12H,8-11H2,1-4H3,(H,19,21)(H,20,23). The lowest BCUT2D eigenvalue weighted by molar-refractivity contribution is -0.145. The maximum Gasteiger partial charge on any atom is 0.306 e. The van der Waals surface area contributed by atoms with Crippen molar-refractivity contribution < 1.29 is 23.9 Å². The van der Waals surface area contributed by atoms with Gasteiger partial charge in [0.25, 0.3) is 0 Å². The van der Waals surface area contributed by atoms with Crippen molar-refractivity contribution in [1.82, 2.24) is 0 Å². The van der Waals surface area contributed by atoms with Crippen molar-refractivity contribution in [2.75, 3.05) is 31.0 Å². The molecule has 1 aromatic rings. The molecule has 25 heavy (non-hydrogen) atoms. The molecule has 0 atom stereocenters. The second kappa shape index (κ2) is 9.78. The topological polar surface area (TPSA) is 93.7 Å². The first-order valence-electron chi connectivity index (χ1n) is 8.08. The minimum absolute atomic E-state index is 0.00397. The number of hydrogen-bond donors (Lipinski definition) is 2. The van der Waals surface area contributed by atoms with Crippen LogP contribution < -0.4 is 10.6 Å². The molecular formula is C18H26N2O5. The van der Waals surface area contributed by atoms with E-state index in [1.54, 1.807) is 24.3 Å². The fourth-order valence-corrected chi connectivity index (χ4v) is 1.74. The third-order valence-corrected chi connectivity index (χ3v) is 3.19. The number of carbonyl (C=O) groups excluding carboxylic acids is 3. The highest BCUT2D eigenvalue weighted by atomic mass is 16.6. The van der Waals surface area contributed by atoms with Crippen molar-refractivity contribution in [3.8, 4) is 0 Å². The van der Waals surface area contributed by atoms with Crippen LogP contribution >= 0.6 is 0 Å². The van der Waals surface area contributed by atoms with E-state index in [2.05, 4.69) is 10.6 Å². The van der Waals surface area contributed by atoms with E-state index >= 15 is 0 Å². The summed E-state index contributed by atoms with van der Waals surface area (Å²) in [6.07, 6.45) is 0.0143. The highest BCUT2D eigenvalue weighted by molar-refractivity contribution is 5.96. The predicted molar refractivity (Wildman–Crippen MR) is 95.2 cm³/mol. The zero-order valence-corrected chi connectivity index (χ0v) is 15.2. The number of methoxy groups -OCH3 is 1. The van der Waals surface area contributed by atoms with Crippen LogP contribution in [0.15, 0.2) is 24.3 Å². The summed E-state index contributed by atoms with van der Waals surface area (Å²) in [5.41, 5.74) is 0.628. The summed E-state index contributed by atoms with van der Waals surface area (Å²) in [6.45, 7) is 5.95. The Bertz CT molecular complexity index is 608. The van der Waals surface area contributed by atoms with Crippen molar-refractivity contribution in [1.29, 1.82) is 0 Å². The average molecular weight is 350 g/mol. The summed E-state index contributed by atoms with van der Waals surface area (Å²) in [5, 5.41) is 5.49. The third kappa shape index (κ3) is 8.30. The highest BCUT2D eigenvalue weighted by Gasteiger charge is 2.21. The van der Waals surface area contributed by atoms with Crippen molar-refractivity contribution >= 4 is 29.2 Å². The molecule has 0 radical (unpaired) electrons. The molecule has 0 aliphatic rings. The molecule has 1 rings (SSSR count). The molecule has 0 spiro atoms. The van der Waals surface area contributed by atoms with Gasteiger partial charge in [0.15, 0.2) is 0 Å². The Morgan fingerprint density at radius 1 is 1.00 bits per heavy atom. The van der Waals surface area contributed by atoms with E-state index in [0.29, 0.717) is 18.0 Å². The third-order valence-electron chi connectivity index (χ3n) is 3.19. The largest absolute Gasteiger partial charge is 0.463 e. The molecule has 138 valence electrons. The van der Waals surface area contributed by atoms with Crippen LogP contribution in [0, 0.1) is 5.41 Å². The van der Waals surface area contributed by atoms with Gasteiger partial charge in [0, 0.05) is 30.3 Å². The molecule has 0 bridgehead atoms. The number of ether oxygens (including phenoxy) is 2. The van der Waals surface area contributed by atoms with Crippen LogP contribution in [0.5, 0.6) is 0 Å². The lowest BCUT2D eigenvalue weighted by atomic mass is 9.95. The van der Waals surface area contributed by atoms with E-state index in [1.165, 1.54) is 7.11 Å². The van der Waals surface area contributed by atoms with Gasteiger partial charge in [0.1, 0.15) is 6.61 Å². The van der Waals surface area contributed by atoms with E-state index in [-0.39, 0.29) is 31.3 Å². The smallest absolute Gasteiger partial charge is 0.306 e. The molecule has 1 aromatic carbocycles. The summed E-state index contributed by atoms with van der Waals surface area (Å²) in [4.78, 5) is 35.3. The fraction of sp³-hybridized carbons (Fsp3) is 0.500. The van der Waals surface area contributed by atoms with Crippen LogP contribution in [-0.4, -0.2) is 38.1 Å². The summed E-state index contributed by atoms with van der Waals surface area (Å²) < 4.78 is 9.66. The van der Waals surface area contributed by atoms with Crippen molar-refractivity contribution in [2.24, 2.45) is 5.41 Å². The Balaban J connectivity index is 2.48. The molecule has 0 heterocycles. The number of amides is 2. The van der Waals surface area contributed by atoms with E-state index in [9.17, 15) is 14.4 Å². The van der Waals surface area contributed by atoms with Crippen LogP contribution in [0.25, 0.3) is 0 Å². The van der Waals surface area contributed by atoms with Crippen molar-refractivity contribution in [2.45, 2.75) is 33.6 Å². The number of carbonyl (C=O) groups is 3. The number of nitrogens with one attached hydrogen (secondary N) is 2. The first-order valence-corrected chi connectivity index (χ1v) is 8.08. The van der Waals surface area contributed by atoms with Crippen molar-refractivity contribution in [3.63, 3.8) is 0 Å². The predicted octanol–water partition coefficient (Wildman–Crippen LogP) is 2.58. The van der Waals surface area contributed by atoms with E-state index in [0.717, 1.165) is 0 Å². The van der Waals surface area contributed by atoms with Crippen LogP contribution in [0.3, 0.4) is 0 Å². The van der Waals surface area contributed by atoms with Gasteiger partial charge in [-0.2, -0.15) is 0 Å². The molecular weight excluding hydrogens is 324 g/mol. The van der Waals surface area contributed by atoms with E-state index in [4.69, 9.17) is 9.47 Å². The van der Waals surface area contributed by atoms with Crippen molar-refractivity contribution in [3.05, 3.63) is 24.3 Å². The van der Waals surface area contributed by atoms with Crippen LogP contribution in [0.4, 0.5) is 11.4 Å². The molecule has 2 amide bonds. The molecule has 0 fully saturated rings. The second-order valence-corrected chi connectivity index (χ2v) is 6.55. The normalized spacial score (nSPS) is 10.9. The summed E-state index contributed by atoms with van der Waals surface area (Å²) >= 11 is 0. The van der Waals surface area contributed by atoms with Gasteiger partial charge < -0.3 is 20.1 Å². The number of esters is 1. The van der Waals surface area contributed by atoms with Crippen LogP contribution in [-0.2, 0) is 23.9 Å². The van der Waals surface area contributed by atoms with E-state index in [1.807, 2.05) is 20.8 Å². The van der Waals surface area contributed by atoms with Gasteiger partial charge in [-0.1, -0.05) is 26.8 Å². The Morgan fingerprint density at radius 3 is 2.24 bits per heavy atom. The number of rotatable bonds is 8. The fourth-order valence-electron chi connectivity index (χ4n) is 1.74. The lowest BCUT2D eigenvalue weighted by Crippen LogP contribution is -2.27. The Hall–Kier alpha value is -2.41. The number of benzene rings is 1. The molecule has 7 heteroatoms. The second-order valence-electron chi connectivity index (χ2n) is 6.55. The van der Waals surface area contributed by atoms with Gasteiger partial charge in [0.05, 0.1) is 13.0 Å². The van der Waals surface area contributed by atoms with Gasteiger partial charge in [-0.05, 0) is 18.2 Å². The molecule has 0 aliphatic heterocycles. The first-order chi connectivity index (χ1) is 11.7. The Kier molecular flexibility index (Phi) is 8.07. The molecule has 0 aliphatic carbocycles. The lowest BCUT2D eigenvalue weighted by Gasteiger charge is -2.18. The minimum atomic E-state index is -0.511. The van der Waals surface area contributed by atoms with Gasteiger partial charge in [-0.15, -0.1) is 0 Å². The maximum absolute atomic E-state index is 12.0. The van der Waals surface area contributed by atoms with Gasteiger partial charge in [0.2, 0.25) is 11.8 Å². The summed E-state index contributed by atoms with van der Waals surface area (Å²) in [7, 11) is 1.51. The monoisotopic (exact) mass is 350 g/mol. The molecule has 0 unspecified atom stereocenters. The number of hydrogen-bond acceptors (Lipinski definition) is 5. The highest BCUT2D eigenvalue weighted by Crippen LogP contribution is 2.20. The Morgan fingerprint density at radius 2 is 1.64 bits per heavy atom. The zero-order valence-electron chi connectivity index (χ0n) is 15.2. The van der Waals surface area contributed by atoms with Gasteiger partial charge in [-0.25, -0.2) is 0 Å². The quantitative estimate of drug-likeness (QED) is 0.555. The Labute approximate surface area is 148 Å². The van der Waals surface area contributed by atoms with Crippen LogP contribution in [0.1, 0.15) is 33.6 Å². The first kappa shape index (κ1) is 20.6. The molecule has 0 saturated carbocycles. The van der Waals surface area contributed by atoms with E-state index < -0.39 is 11.4 Å². The SMILES string of the molecule is COCCOC(=O)CCC(=O)Nc1cccc(NC(=O)C(C)(C)C)c1. The maximum atomic E-state index is 12.0. The van der Waals surface area contributed by atoms with Gasteiger partial charge >= 0.3 is 5.97 Å². The molecule has 0 saturated heterocycles. The summed E-state index contributed by atoms with van der Waals surface area (Å²) in [6, 6.07) is 6.85. The number of anilines is 2. The van der Waals surface area contributed by atoms with Gasteiger partial charge in [-0.3, -0.25) is 14.4 Å². The zero-order chi connectivity index (χ0) is 18.9. The van der Waals surface area contributed by atoms with Crippen LogP contribution in [0.2, 0.25) is 0 Å².